The molecule has 0 radical (unpaired) electrons. The summed E-state index contributed by atoms with van der Waals surface area (Å²) < 4.78 is 15.0. The molecule has 1 N–H and O–H groups in total. The first-order chi connectivity index (χ1) is 7.63. The fourth-order valence-electron chi connectivity index (χ4n) is 1.90. The van der Waals surface area contributed by atoms with Gasteiger partial charge in [-0.05, 0) is 33.0 Å². The van der Waals surface area contributed by atoms with Crippen molar-refractivity contribution >= 4 is 10.9 Å². The van der Waals surface area contributed by atoms with Gasteiger partial charge in [0.25, 0.3) is 0 Å². The van der Waals surface area contributed by atoms with E-state index in [0.29, 0.717) is 0 Å². The summed E-state index contributed by atoms with van der Waals surface area (Å²) >= 11 is 0. The molecule has 0 amide bonds. The molecule has 86 valence electrons. The maximum Gasteiger partial charge on any atom is 0.125 e. The summed E-state index contributed by atoms with van der Waals surface area (Å²) in [5, 5.41) is 8.56. The third kappa shape index (κ3) is 1.80. The highest BCUT2D eigenvalue weighted by atomic mass is 19.1. The van der Waals surface area contributed by atoms with Gasteiger partial charge in [0.2, 0.25) is 0 Å². The number of hydrogen-bond acceptors (Lipinski definition) is 2. The average Bonchev–Trinajstić information content (AvgIpc) is 2.57. The molecular weight excluding hydrogens is 205 g/mol. The van der Waals surface area contributed by atoms with Crippen LogP contribution in [0.1, 0.15) is 25.6 Å². The van der Waals surface area contributed by atoms with Crippen LogP contribution in [0.4, 0.5) is 4.39 Å². The van der Waals surface area contributed by atoms with E-state index in [0.717, 1.165) is 23.1 Å². The number of aromatic nitrogens is 2. The number of fused-ring (bicyclic) bond motifs is 1. The zero-order chi connectivity index (χ0) is 11.7. The molecule has 0 unspecified atom stereocenters. The minimum absolute atomic E-state index is 0.239. The largest absolute Gasteiger partial charge is 0.314 e. The molecule has 1 aromatic heterocycles. The second-order valence-electron chi connectivity index (χ2n) is 4.18. The van der Waals surface area contributed by atoms with Crippen LogP contribution in [0.25, 0.3) is 10.9 Å². The molecule has 2 aromatic rings. The van der Waals surface area contributed by atoms with Crippen molar-refractivity contribution in [3.8, 4) is 0 Å². The molecule has 0 saturated carbocycles. The highest BCUT2D eigenvalue weighted by Crippen LogP contribution is 2.22. The number of benzene rings is 1. The molecule has 16 heavy (non-hydrogen) atoms. The monoisotopic (exact) mass is 221 g/mol. The first-order valence-electron chi connectivity index (χ1n) is 5.44. The summed E-state index contributed by atoms with van der Waals surface area (Å²) in [5.41, 5.74) is 1.83. The van der Waals surface area contributed by atoms with E-state index < -0.39 is 0 Å². The Morgan fingerprint density at radius 2 is 2.19 bits per heavy atom. The third-order valence-electron chi connectivity index (χ3n) is 2.60. The number of hydrogen-bond donors (Lipinski definition) is 1. The van der Waals surface area contributed by atoms with Crippen LogP contribution >= 0.6 is 0 Å². The van der Waals surface area contributed by atoms with Crippen LogP contribution in [-0.2, 0) is 6.54 Å². The molecule has 0 atom stereocenters. The Bertz CT molecular complexity index is 502. The number of nitrogens with zero attached hydrogens (tertiary/aromatic N) is 2. The smallest absolute Gasteiger partial charge is 0.125 e. The van der Waals surface area contributed by atoms with E-state index in [-0.39, 0.29) is 11.9 Å². The quantitative estimate of drug-likeness (QED) is 0.863. The van der Waals surface area contributed by atoms with Crippen LogP contribution < -0.4 is 5.32 Å². The van der Waals surface area contributed by atoms with E-state index in [2.05, 4.69) is 24.3 Å². The second-order valence-corrected chi connectivity index (χ2v) is 4.18. The molecule has 0 fully saturated rings. The number of nitrogens with one attached hydrogen (secondary N) is 1. The van der Waals surface area contributed by atoms with E-state index in [1.807, 2.05) is 11.7 Å². The fourth-order valence-corrected chi connectivity index (χ4v) is 1.90. The summed E-state index contributed by atoms with van der Waals surface area (Å²) in [4.78, 5) is 0. The lowest BCUT2D eigenvalue weighted by Gasteiger charge is -2.10. The predicted molar refractivity (Wildman–Crippen MR) is 62.8 cm³/mol. The van der Waals surface area contributed by atoms with E-state index in [9.17, 15) is 4.39 Å². The van der Waals surface area contributed by atoms with E-state index in [4.69, 9.17) is 0 Å². The van der Waals surface area contributed by atoms with Gasteiger partial charge in [-0.1, -0.05) is 0 Å². The molecular formula is C12H16FN3. The number of halogens is 1. The van der Waals surface area contributed by atoms with Crippen molar-refractivity contribution in [2.75, 3.05) is 7.05 Å². The van der Waals surface area contributed by atoms with Crippen LogP contribution in [0.15, 0.2) is 18.2 Å². The highest BCUT2D eigenvalue weighted by molar-refractivity contribution is 5.81. The van der Waals surface area contributed by atoms with Gasteiger partial charge in [-0.2, -0.15) is 5.10 Å². The summed E-state index contributed by atoms with van der Waals surface area (Å²) in [5.74, 6) is -0.239. The molecule has 0 aliphatic carbocycles. The van der Waals surface area contributed by atoms with E-state index >= 15 is 0 Å². The van der Waals surface area contributed by atoms with Gasteiger partial charge in [0.1, 0.15) is 5.82 Å². The first kappa shape index (κ1) is 11.1. The Morgan fingerprint density at radius 3 is 2.81 bits per heavy atom. The van der Waals surface area contributed by atoms with Gasteiger partial charge in [-0.15, -0.1) is 0 Å². The lowest BCUT2D eigenvalue weighted by molar-refractivity contribution is 0.506. The van der Waals surface area contributed by atoms with Crippen LogP contribution in [0.3, 0.4) is 0 Å². The minimum atomic E-state index is -0.239. The summed E-state index contributed by atoms with van der Waals surface area (Å²) in [6, 6.07) is 5.03. The molecule has 4 heteroatoms. The highest BCUT2D eigenvalue weighted by Gasteiger charge is 2.12. The Kier molecular flexibility index (Phi) is 2.92. The van der Waals surface area contributed by atoms with Crippen LogP contribution in [0, 0.1) is 5.82 Å². The normalized spacial score (nSPS) is 11.6. The van der Waals surface area contributed by atoms with Crippen molar-refractivity contribution in [3.05, 3.63) is 29.7 Å². The van der Waals surface area contributed by atoms with Crippen molar-refractivity contribution in [1.82, 2.24) is 15.1 Å². The van der Waals surface area contributed by atoms with E-state index in [1.165, 1.54) is 12.1 Å². The molecule has 0 aliphatic heterocycles. The molecule has 3 nitrogen and oxygen atoms in total. The fraction of sp³-hybridized carbons (Fsp3) is 0.417. The second kappa shape index (κ2) is 4.22. The molecule has 0 saturated heterocycles. The molecule has 1 aromatic carbocycles. The first-order valence-corrected chi connectivity index (χ1v) is 5.44. The molecule has 0 bridgehead atoms. The van der Waals surface area contributed by atoms with Gasteiger partial charge in [-0.3, -0.25) is 4.68 Å². The summed E-state index contributed by atoms with van der Waals surface area (Å²) in [7, 11) is 1.90. The average molecular weight is 221 g/mol. The van der Waals surface area contributed by atoms with Crippen molar-refractivity contribution < 1.29 is 4.39 Å². The number of rotatable bonds is 3. The SMILES string of the molecule is CNCc1c2ccc(F)cc2nn1C(C)C. The minimum Gasteiger partial charge on any atom is -0.314 e. The topological polar surface area (TPSA) is 29.9 Å². The van der Waals surface area contributed by atoms with Gasteiger partial charge in [0.15, 0.2) is 0 Å². The van der Waals surface area contributed by atoms with Crippen molar-refractivity contribution in [3.63, 3.8) is 0 Å². The van der Waals surface area contributed by atoms with Gasteiger partial charge in [0.05, 0.1) is 11.2 Å². The van der Waals surface area contributed by atoms with Gasteiger partial charge >= 0.3 is 0 Å². The van der Waals surface area contributed by atoms with Crippen molar-refractivity contribution in [2.24, 2.45) is 0 Å². The van der Waals surface area contributed by atoms with Gasteiger partial charge in [0, 0.05) is 24.0 Å². The van der Waals surface area contributed by atoms with Gasteiger partial charge < -0.3 is 5.32 Å². The Morgan fingerprint density at radius 1 is 1.44 bits per heavy atom. The van der Waals surface area contributed by atoms with E-state index in [1.54, 1.807) is 6.07 Å². The summed E-state index contributed by atoms with van der Waals surface area (Å²) in [6.45, 7) is 4.88. The zero-order valence-electron chi connectivity index (χ0n) is 9.79. The lowest BCUT2D eigenvalue weighted by Crippen LogP contribution is -2.13. The van der Waals surface area contributed by atoms with Crippen molar-refractivity contribution in [2.45, 2.75) is 26.4 Å². The molecule has 2 rings (SSSR count). The van der Waals surface area contributed by atoms with Crippen LogP contribution in [0.2, 0.25) is 0 Å². The molecule has 1 heterocycles. The lowest BCUT2D eigenvalue weighted by atomic mass is 10.2. The summed E-state index contributed by atoms with van der Waals surface area (Å²) in [6.07, 6.45) is 0. The predicted octanol–water partition coefficient (Wildman–Crippen LogP) is 2.48. The Balaban J connectivity index is 2.65. The maximum atomic E-state index is 13.1. The molecule has 0 aliphatic rings. The molecule has 0 spiro atoms. The van der Waals surface area contributed by atoms with Crippen molar-refractivity contribution in [1.29, 1.82) is 0 Å². The van der Waals surface area contributed by atoms with Crippen LogP contribution in [0.5, 0.6) is 0 Å². The standard InChI is InChI=1S/C12H16FN3/c1-8(2)16-12(7-14-3)10-5-4-9(13)6-11(10)15-16/h4-6,8,14H,7H2,1-3H3. The Labute approximate surface area is 94.3 Å². The van der Waals surface area contributed by atoms with Crippen LogP contribution in [-0.4, -0.2) is 16.8 Å². The van der Waals surface area contributed by atoms with Gasteiger partial charge in [-0.25, -0.2) is 4.39 Å². The Hall–Kier alpha value is -1.42. The maximum absolute atomic E-state index is 13.1. The zero-order valence-corrected chi connectivity index (χ0v) is 9.79. The third-order valence-corrected chi connectivity index (χ3v) is 2.60.